The molecule has 1 aromatic carbocycles. The van der Waals surface area contributed by atoms with E-state index in [1.165, 1.54) is 12.8 Å². The highest BCUT2D eigenvalue weighted by atomic mass is 16.6. The van der Waals surface area contributed by atoms with Gasteiger partial charge in [0, 0.05) is 13.1 Å². The summed E-state index contributed by atoms with van der Waals surface area (Å²) in [5, 5.41) is 3.39. The molecule has 102 valence electrons. The molecule has 4 heteroatoms. The Balaban J connectivity index is 1.60. The Morgan fingerprint density at radius 3 is 2.63 bits per heavy atom. The molecule has 0 aliphatic carbocycles. The summed E-state index contributed by atoms with van der Waals surface area (Å²) in [5.41, 5.74) is 0.334. The van der Waals surface area contributed by atoms with Crippen LogP contribution in [0.15, 0.2) is 30.3 Å². The van der Waals surface area contributed by atoms with Crippen LogP contribution in [-0.2, 0) is 0 Å². The molecular formula is C15H20N2O2. The maximum absolute atomic E-state index is 12.1. The summed E-state index contributed by atoms with van der Waals surface area (Å²) in [6.45, 7) is 3.81. The van der Waals surface area contributed by atoms with Gasteiger partial charge < -0.3 is 15.0 Å². The molecule has 19 heavy (non-hydrogen) atoms. The third kappa shape index (κ3) is 2.73. The van der Waals surface area contributed by atoms with Gasteiger partial charge in [-0.2, -0.15) is 0 Å². The maximum Gasteiger partial charge on any atom is 0.415 e. The van der Waals surface area contributed by atoms with Crippen molar-refractivity contribution in [2.24, 2.45) is 5.41 Å². The molecule has 2 aliphatic rings. The van der Waals surface area contributed by atoms with Crippen LogP contribution in [0.4, 0.5) is 4.79 Å². The first-order valence-electron chi connectivity index (χ1n) is 7.00. The Labute approximate surface area is 113 Å². The molecule has 3 rings (SSSR count). The van der Waals surface area contributed by atoms with Gasteiger partial charge in [0.15, 0.2) is 0 Å². The molecule has 2 fully saturated rings. The van der Waals surface area contributed by atoms with E-state index in [-0.39, 0.29) is 6.09 Å². The Morgan fingerprint density at radius 1 is 1.16 bits per heavy atom. The standard InChI is InChI=1S/C15H20N2O2/c18-14(19-13-4-2-1-3-5-13)17-11-8-15(12-17)6-9-16-10-7-15/h1-5,16H,6-12H2. The lowest BCUT2D eigenvalue weighted by atomic mass is 9.78. The fourth-order valence-electron chi connectivity index (χ4n) is 3.11. The van der Waals surface area contributed by atoms with Crippen LogP contribution < -0.4 is 10.1 Å². The van der Waals surface area contributed by atoms with Crippen molar-refractivity contribution in [2.45, 2.75) is 19.3 Å². The molecule has 1 spiro atoms. The van der Waals surface area contributed by atoms with E-state index in [9.17, 15) is 4.79 Å². The first kappa shape index (κ1) is 12.5. The number of carbonyl (C=O) groups is 1. The third-order valence-electron chi connectivity index (χ3n) is 4.31. The van der Waals surface area contributed by atoms with Crippen molar-refractivity contribution in [1.29, 1.82) is 0 Å². The summed E-state index contributed by atoms with van der Waals surface area (Å²) >= 11 is 0. The summed E-state index contributed by atoms with van der Waals surface area (Å²) in [6.07, 6.45) is 3.24. The molecule has 1 amide bonds. The van der Waals surface area contributed by atoms with Crippen LogP contribution >= 0.6 is 0 Å². The normalized spacial score (nSPS) is 21.6. The number of carbonyl (C=O) groups excluding carboxylic acids is 1. The number of nitrogens with one attached hydrogen (secondary N) is 1. The number of para-hydroxylation sites is 1. The molecule has 0 bridgehead atoms. The molecule has 1 N–H and O–H groups in total. The van der Waals surface area contributed by atoms with Crippen LogP contribution in [0.1, 0.15) is 19.3 Å². The van der Waals surface area contributed by atoms with Gasteiger partial charge in [0.1, 0.15) is 5.75 Å². The SMILES string of the molecule is O=C(Oc1ccccc1)N1CCC2(CCNCC2)C1. The van der Waals surface area contributed by atoms with Gasteiger partial charge in [-0.25, -0.2) is 4.79 Å². The lowest BCUT2D eigenvalue weighted by Crippen LogP contribution is -2.40. The van der Waals surface area contributed by atoms with Gasteiger partial charge in [-0.1, -0.05) is 18.2 Å². The summed E-state index contributed by atoms with van der Waals surface area (Å²) in [5.74, 6) is 0.624. The second-order valence-electron chi connectivity index (χ2n) is 5.60. The molecule has 0 atom stereocenters. The lowest BCUT2D eigenvalue weighted by molar-refractivity contribution is 0.148. The Bertz CT molecular complexity index is 441. The minimum atomic E-state index is -0.207. The van der Waals surface area contributed by atoms with Crippen molar-refractivity contribution >= 4 is 6.09 Å². The van der Waals surface area contributed by atoms with Crippen molar-refractivity contribution in [3.05, 3.63) is 30.3 Å². The second kappa shape index (κ2) is 5.21. The van der Waals surface area contributed by atoms with Gasteiger partial charge in [0.2, 0.25) is 0 Å². The zero-order valence-electron chi connectivity index (χ0n) is 11.1. The van der Waals surface area contributed by atoms with E-state index in [4.69, 9.17) is 4.74 Å². The molecule has 0 saturated carbocycles. The summed E-state index contributed by atoms with van der Waals surface area (Å²) in [6, 6.07) is 9.29. The molecule has 0 unspecified atom stereocenters. The van der Waals surface area contributed by atoms with Crippen LogP contribution in [0.25, 0.3) is 0 Å². The molecule has 2 saturated heterocycles. The van der Waals surface area contributed by atoms with E-state index < -0.39 is 0 Å². The number of rotatable bonds is 1. The van der Waals surface area contributed by atoms with E-state index in [2.05, 4.69) is 5.32 Å². The number of nitrogens with zero attached hydrogens (tertiary/aromatic N) is 1. The smallest absolute Gasteiger partial charge is 0.410 e. The topological polar surface area (TPSA) is 41.6 Å². The van der Waals surface area contributed by atoms with Gasteiger partial charge >= 0.3 is 6.09 Å². The van der Waals surface area contributed by atoms with Crippen molar-refractivity contribution in [3.8, 4) is 5.75 Å². The number of benzene rings is 1. The number of ether oxygens (including phenoxy) is 1. The summed E-state index contributed by atoms with van der Waals surface area (Å²) in [7, 11) is 0. The third-order valence-corrected chi connectivity index (χ3v) is 4.31. The van der Waals surface area contributed by atoms with E-state index in [0.717, 1.165) is 32.6 Å². The van der Waals surface area contributed by atoms with Crippen molar-refractivity contribution in [2.75, 3.05) is 26.2 Å². The number of hydrogen-bond acceptors (Lipinski definition) is 3. The zero-order valence-corrected chi connectivity index (χ0v) is 11.1. The molecule has 4 nitrogen and oxygen atoms in total. The summed E-state index contributed by atoms with van der Waals surface area (Å²) < 4.78 is 5.40. The highest BCUT2D eigenvalue weighted by Crippen LogP contribution is 2.38. The van der Waals surface area contributed by atoms with Gasteiger partial charge in [0.25, 0.3) is 0 Å². The molecule has 1 aromatic rings. The van der Waals surface area contributed by atoms with E-state index in [1.807, 2.05) is 35.2 Å². The fraction of sp³-hybridized carbons (Fsp3) is 0.533. The second-order valence-corrected chi connectivity index (χ2v) is 5.60. The van der Waals surface area contributed by atoms with Gasteiger partial charge in [0.05, 0.1) is 0 Å². The Kier molecular flexibility index (Phi) is 3.42. The van der Waals surface area contributed by atoms with Crippen molar-refractivity contribution in [1.82, 2.24) is 10.2 Å². The molecular weight excluding hydrogens is 240 g/mol. The first-order valence-corrected chi connectivity index (χ1v) is 7.00. The maximum atomic E-state index is 12.1. The van der Waals surface area contributed by atoms with Crippen LogP contribution in [0.5, 0.6) is 5.75 Å². The number of amides is 1. The Hall–Kier alpha value is -1.55. The lowest BCUT2D eigenvalue weighted by Gasteiger charge is -2.33. The number of likely N-dealkylation sites (tertiary alicyclic amines) is 1. The monoisotopic (exact) mass is 260 g/mol. The number of piperidine rings is 1. The largest absolute Gasteiger partial charge is 0.415 e. The quantitative estimate of drug-likeness (QED) is 0.842. The highest BCUT2D eigenvalue weighted by Gasteiger charge is 2.41. The number of hydrogen-bond donors (Lipinski definition) is 1. The van der Waals surface area contributed by atoms with Crippen molar-refractivity contribution < 1.29 is 9.53 Å². The van der Waals surface area contributed by atoms with E-state index in [1.54, 1.807) is 0 Å². The van der Waals surface area contributed by atoms with Gasteiger partial charge in [-0.05, 0) is 49.9 Å². The van der Waals surface area contributed by atoms with Gasteiger partial charge in [-0.3, -0.25) is 0 Å². The average Bonchev–Trinajstić information content (AvgIpc) is 2.85. The minimum Gasteiger partial charge on any atom is -0.410 e. The fourth-order valence-corrected chi connectivity index (χ4v) is 3.11. The highest BCUT2D eigenvalue weighted by molar-refractivity contribution is 5.71. The Morgan fingerprint density at radius 2 is 1.89 bits per heavy atom. The first-order chi connectivity index (χ1) is 9.27. The zero-order chi connectivity index (χ0) is 13.1. The van der Waals surface area contributed by atoms with Crippen LogP contribution in [-0.4, -0.2) is 37.2 Å². The van der Waals surface area contributed by atoms with Crippen LogP contribution in [0.2, 0.25) is 0 Å². The summed E-state index contributed by atoms with van der Waals surface area (Å²) in [4.78, 5) is 14.0. The van der Waals surface area contributed by atoms with E-state index >= 15 is 0 Å². The van der Waals surface area contributed by atoms with Crippen molar-refractivity contribution in [3.63, 3.8) is 0 Å². The molecule has 2 heterocycles. The minimum absolute atomic E-state index is 0.207. The molecule has 0 aromatic heterocycles. The molecule has 2 aliphatic heterocycles. The predicted molar refractivity (Wildman–Crippen MR) is 73.2 cm³/mol. The average molecular weight is 260 g/mol. The van der Waals surface area contributed by atoms with E-state index in [0.29, 0.717) is 11.2 Å². The van der Waals surface area contributed by atoms with Gasteiger partial charge in [-0.15, -0.1) is 0 Å². The van der Waals surface area contributed by atoms with Crippen LogP contribution in [0, 0.1) is 5.41 Å². The molecule has 0 radical (unpaired) electrons. The van der Waals surface area contributed by atoms with Crippen LogP contribution in [0.3, 0.4) is 0 Å². The predicted octanol–water partition coefficient (Wildman–Crippen LogP) is 2.26.